The molecule has 14 heavy (non-hydrogen) atoms. The van der Waals surface area contributed by atoms with E-state index in [1.807, 2.05) is 0 Å². The molecule has 1 amide bonds. The zero-order valence-corrected chi connectivity index (χ0v) is 8.77. The Morgan fingerprint density at radius 2 is 1.50 bits per heavy atom. The average Bonchev–Trinajstić information content (AvgIpc) is 2.81. The summed E-state index contributed by atoms with van der Waals surface area (Å²) in [5.74, 6) is 0.386. The van der Waals surface area contributed by atoms with Crippen LogP contribution in [0.25, 0.3) is 0 Å². The number of hydrogen-bond acceptors (Lipinski definition) is 1. The molecule has 0 atom stereocenters. The van der Waals surface area contributed by atoms with E-state index in [9.17, 15) is 4.79 Å². The van der Waals surface area contributed by atoms with Crippen molar-refractivity contribution in [2.45, 2.75) is 63.3 Å². The first-order valence-corrected chi connectivity index (χ1v) is 6.08. The van der Waals surface area contributed by atoms with Crippen molar-refractivity contribution in [3.63, 3.8) is 0 Å². The van der Waals surface area contributed by atoms with Crippen LogP contribution in [-0.2, 0) is 4.79 Å². The van der Waals surface area contributed by atoms with Gasteiger partial charge in [0.2, 0.25) is 5.91 Å². The van der Waals surface area contributed by atoms with E-state index in [2.05, 4.69) is 5.32 Å². The first-order valence-electron chi connectivity index (χ1n) is 6.08. The zero-order valence-electron chi connectivity index (χ0n) is 8.77. The lowest BCUT2D eigenvalue weighted by Crippen LogP contribution is -2.38. The highest BCUT2D eigenvalue weighted by Gasteiger charge is 2.55. The van der Waals surface area contributed by atoms with Crippen LogP contribution in [0.3, 0.4) is 0 Å². The van der Waals surface area contributed by atoms with Crippen LogP contribution in [0.1, 0.15) is 57.8 Å². The third-order valence-electron chi connectivity index (χ3n) is 4.66. The monoisotopic (exact) mass is 193 g/mol. The molecular weight excluding hydrogens is 174 g/mol. The molecule has 1 N–H and O–H groups in total. The molecule has 1 heterocycles. The Labute approximate surface area is 85.4 Å². The Kier molecular flexibility index (Phi) is 1.71. The summed E-state index contributed by atoms with van der Waals surface area (Å²) in [7, 11) is 0. The van der Waals surface area contributed by atoms with Gasteiger partial charge in [-0.2, -0.15) is 0 Å². The van der Waals surface area contributed by atoms with Crippen LogP contribution in [0.2, 0.25) is 0 Å². The molecule has 3 rings (SSSR count). The average molecular weight is 193 g/mol. The quantitative estimate of drug-likeness (QED) is 0.628. The van der Waals surface area contributed by atoms with E-state index in [1.54, 1.807) is 0 Å². The minimum atomic E-state index is 0.0738. The normalized spacial score (nSPS) is 33.0. The molecule has 0 bridgehead atoms. The van der Waals surface area contributed by atoms with Crippen molar-refractivity contribution in [1.82, 2.24) is 5.32 Å². The summed E-state index contributed by atoms with van der Waals surface area (Å²) in [6, 6.07) is 0. The first-order chi connectivity index (χ1) is 6.75. The van der Waals surface area contributed by atoms with Gasteiger partial charge in [-0.3, -0.25) is 4.79 Å². The molecule has 2 heteroatoms. The molecule has 2 saturated carbocycles. The summed E-state index contributed by atoms with van der Waals surface area (Å²) in [5.41, 5.74) is 0.311. The van der Waals surface area contributed by atoms with E-state index < -0.39 is 0 Å². The van der Waals surface area contributed by atoms with Gasteiger partial charge in [-0.25, -0.2) is 0 Å². The lowest BCUT2D eigenvalue weighted by atomic mass is 9.78. The van der Waals surface area contributed by atoms with Crippen LogP contribution >= 0.6 is 0 Å². The molecule has 0 radical (unpaired) electrons. The number of carbonyl (C=O) groups is 1. The zero-order chi connectivity index (χ0) is 9.65. The van der Waals surface area contributed by atoms with Crippen LogP contribution in [0.5, 0.6) is 0 Å². The third-order valence-corrected chi connectivity index (χ3v) is 4.66. The number of nitrogens with one attached hydrogen (secondary N) is 1. The van der Waals surface area contributed by atoms with Gasteiger partial charge < -0.3 is 5.32 Å². The summed E-state index contributed by atoms with van der Waals surface area (Å²) >= 11 is 0. The maximum atomic E-state index is 12.0. The molecule has 2 nitrogen and oxygen atoms in total. The van der Waals surface area contributed by atoms with E-state index in [1.165, 1.54) is 38.5 Å². The minimum absolute atomic E-state index is 0.0738. The van der Waals surface area contributed by atoms with Crippen molar-refractivity contribution in [2.24, 2.45) is 5.41 Å². The molecule has 1 aliphatic heterocycles. The third kappa shape index (κ3) is 1.06. The lowest BCUT2D eigenvalue weighted by Gasteiger charge is -2.24. The molecule has 3 fully saturated rings. The minimum Gasteiger partial charge on any atom is -0.350 e. The van der Waals surface area contributed by atoms with Gasteiger partial charge in [-0.1, -0.05) is 25.7 Å². The molecule has 2 spiro atoms. The highest BCUT2D eigenvalue weighted by molar-refractivity contribution is 5.86. The van der Waals surface area contributed by atoms with Crippen molar-refractivity contribution in [3.05, 3.63) is 0 Å². The standard InChI is InChI=1S/C12H19NO/c14-10-11(5-1-2-6-11)9-12(13-10)7-3-4-8-12/h1-9H2,(H,13,14). The SMILES string of the molecule is O=C1NC2(CCCC2)CC12CCCC2. The van der Waals surface area contributed by atoms with Crippen LogP contribution in [-0.4, -0.2) is 11.4 Å². The van der Waals surface area contributed by atoms with Crippen LogP contribution in [0.4, 0.5) is 0 Å². The molecule has 0 aromatic heterocycles. The van der Waals surface area contributed by atoms with Crippen molar-refractivity contribution < 1.29 is 4.79 Å². The lowest BCUT2D eigenvalue weighted by molar-refractivity contribution is -0.127. The van der Waals surface area contributed by atoms with E-state index >= 15 is 0 Å². The largest absolute Gasteiger partial charge is 0.350 e. The number of amides is 1. The Bertz CT molecular complexity index is 259. The van der Waals surface area contributed by atoms with Gasteiger partial charge in [0.1, 0.15) is 0 Å². The van der Waals surface area contributed by atoms with Gasteiger partial charge >= 0.3 is 0 Å². The predicted molar refractivity (Wildman–Crippen MR) is 54.9 cm³/mol. The molecule has 0 aromatic rings. The summed E-state index contributed by atoms with van der Waals surface area (Å²) in [4.78, 5) is 12.0. The molecular formula is C12H19NO. The summed E-state index contributed by atoms with van der Waals surface area (Å²) in [5, 5.41) is 3.32. The van der Waals surface area contributed by atoms with Gasteiger partial charge in [0.25, 0.3) is 0 Å². The Morgan fingerprint density at radius 1 is 0.929 bits per heavy atom. The van der Waals surface area contributed by atoms with Crippen LogP contribution in [0.15, 0.2) is 0 Å². The van der Waals surface area contributed by atoms with E-state index in [4.69, 9.17) is 0 Å². The first kappa shape index (κ1) is 8.75. The molecule has 78 valence electrons. The van der Waals surface area contributed by atoms with E-state index in [-0.39, 0.29) is 11.0 Å². The second kappa shape index (κ2) is 2.74. The van der Waals surface area contributed by atoms with Gasteiger partial charge in [0.15, 0.2) is 0 Å². The fraction of sp³-hybridized carbons (Fsp3) is 0.917. The molecule has 0 unspecified atom stereocenters. The van der Waals surface area contributed by atoms with E-state index in [0.717, 1.165) is 19.3 Å². The summed E-state index contributed by atoms with van der Waals surface area (Å²) < 4.78 is 0. The topological polar surface area (TPSA) is 29.1 Å². The highest BCUT2D eigenvalue weighted by Crippen LogP contribution is 2.52. The van der Waals surface area contributed by atoms with Crippen molar-refractivity contribution >= 4 is 5.91 Å². The number of hydrogen-bond donors (Lipinski definition) is 1. The second-order valence-electron chi connectivity index (χ2n) is 5.61. The van der Waals surface area contributed by atoms with Gasteiger partial charge in [0.05, 0.1) is 5.41 Å². The number of carbonyl (C=O) groups excluding carboxylic acids is 1. The van der Waals surface area contributed by atoms with Gasteiger partial charge in [-0.15, -0.1) is 0 Å². The predicted octanol–water partition coefficient (Wildman–Crippen LogP) is 2.38. The van der Waals surface area contributed by atoms with Gasteiger partial charge in [0, 0.05) is 5.54 Å². The maximum Gasteiger partial charge on any atom is 0.226 e. The van der Waals surface area contributed by atoms with Crippen molar-refractivity contribution in [2.75, 3.05) is 0 Å². The van der Waals surface area contributed by atoms with Crippen molar-refractivity contribution in [1.29, 1.82) is 0 Å². The summed E-state index contributed by atoms with van der Waals surface area (Å²) in [6.45, 7) is 0. The Balaban J connectivity index is 1.86. The Hall–Kier alpha value is -0.530. The van der Waals surface area contributed by atoms with E-state index in [0.29, 0.717) is 5.91 Å². The van der Waals surface area contributed by atoms with Crippen LogP contribution in [0, 0.1) is 5.41 Å². The van der Waals surface area contributed by atoms with Gasteiger partial charge in [-0.05, 0) is 32.1 Å². The molecule has 0 aromatic carbocycles. The Morgan fingerprint density at radius 3 is 2.14 bits per heavy atom. The fourth-order valence-electron chi connectivity index (χ4n) is 3.95. The smallest absolute Gasteiger partial charge is 0.226 e. The summed E-state index contributed by atoms with van der Waals surface area (Å²) in [6.07, 6.45) is 11.1. The van der Waals surface area contributed by atoms with Crippen LogP contribution < -0.4 is 5.32 Å². The molecule has 3 aliphatic rings. The maximum absolute atomic E-state index is 12.0. The molecule has 2 aliphatic carbocycles. The fourth-order valence-corrected chi connectivity index (χ4v) is 3.95. The highest BCUT2D eigenvalue weighted by atomic mass is 16.2. The second-order valence-corrected chi connectivity index (χ2v) is 5.61. The number of rotatable bonds is 0. The van der Waals surface area contributed by atoms with Crippen molar-refractivity contribution in [3.8, 4) is 0 Å². The molecule has 1 saturated heterocycles.